The van der Waals surface area contributed by atoms with Crippen LogP contribution in [0.5, 0.6) is 5.75 Å². The zero-order chi connectivity index (χ0) is 23.7. The van der Waals surface area contributed by atoms with E-state index in [1.54, 1.807) is 0 Å². The van der Waals surface area contributed by atoms with Crippen molar-refractivity contribution in [2.45, 2.75) is 110 Å². The molecular weight excluding hydrogens is 411 g/mol. The molecule has 4 heteroatoms. The molecule has 0 aliphatic rings. The van der Waals surface area contributed by atoms with Gasteiger partial charge in [0.1, 0.15) is 18.5 Å². The van der Waals surface area contributed by atoms with Crippen molar-refractivity contribution in [3.8, 4) is 17.1 Å². The molecule has 0 radical (unpaired) electrons. The van der Waals surface area contributed by atoms with Crippen LogP contribution < -0.4 is 4.74 Å². The number of halogens is 1. The summed E-state index contributed by atoms with van der Waals surface area (Å²) in [4.78, 5) is 9.07. The van der Waals surface area contributed by atoms with E-state index in [1.165, 1.54) is 69.8 Å². The Morgan fingerprint density at radius 3 is 2.12 bits per heavy atom. The van der Waals surface area contributed by atoms with E-state index in [4.69, 9.17) is 4.74 Å². The summed E-state index contributed by atoms with van der Waals surface area (Å²) in [7, 11) is 0. The number of ether oxygens (including phenoxy) is 1. The highest BCUT2D eigenvalue weighted by molar-refractivity contribution is 5.55. The Hall–Kier alpha value is -1.97. The standard InChI is InChI=1S/C29H45FN2O/c1-4-6-8-9-10-12-14-25-21-31-29(32-22-25)26-16-19-28(20-17-26)33-23-27(30)18-15-24(3)13-11-7-5-2/h16-17,19-22,24,27H,4-15,18,23H2,1-3H3. The van der Waals surface area contributed by atoms with E-state index in [1.807, 2.05) is 36.7 Å². The van der Waals surface area contributed by atoms with Crippen LogP contribution in [0.2, 0.25) is 0 Å². The molecule has 3 nitrogen and oxygen atoms in total. The van der Waals surface area contributed by atoms with Gasteiger partial charge in [0.05, 0.1) is 0 Å². The highest BCUT2D eigenvalue weighted by atomic mass is 19.1. The van der Waals surface area contributed by atoms with Crippen LogP contribution in [0, 0.1) is 5.92 Å². The first-order chi connectivity index (χ1) is 16.1. The van der Waals surface area contributed by atoms with E-state index in [-0.39, 0.29) is 6.61 Å². The first-order valence-electron chi connectivity index (χ1n) is 13.3. The number of nitrogens with zero attached hydrogens (tertiary/aromatic N) is 2. The fourth-order valence-corrected chi connectivity index (χ4v) is 4.07. The molecule has 184 valence electrons. The predicted octanol–water partition coefficient (Wildman–Crippen LogP) is 8.76. The molecule has 1 aromatic heterocycles. The number of alkyl halides is 1. The Labute approximate surface area is 201 Å². The second-order valence-corrected chi connectivity index (χ2v) is 9.54. The van der Waals surface area contributed by atoms with Gasteiger partial charge in [0.2, 0.25) is 0 Å². The van der Waals surface area contributed by atoms with Crippen LogP contribution in [0.1, 0.15) is 103 Å². The van der Waals surface area contributed by atoms with Gasteiger partial charge in [-0.25, -0.2) is 14.4 Å². The number of hydrogen-bond donors (Lipinski definition) is 0. The van der Waals surface area contributed by atoms with Gasteiger partial charge in [-0.3, -0.25) is 0 Å². The third-order valence-corrected chi connectivity index (χ3v) is 6.34. The summed E-state index contributed by atoms with van der Waals surface area (Å²) in [6.45, 7) is 6.81. The number of hydrogen-bond acceptors (Lipinski definition) is 3. The van der Waals surface area contributed by atoms with Gasteiger partial charge in [0.15, 0.2) is 5.82 Å². The molecule has 2 unspecified atom stereocenters. The lowest BCUT2D eigenvalue weighted by molar-refractivity contribution is 0.178. The molecule has 2 rings (SSSR count). The maximum absolute atomic E-state index is 14.2. The molecule has 0 fully saturated rings. The van der Waals surface area contributed by atoms with E-state index in [0.717, 1.165) is 18.4 Å². The highest BCUT2D eigenvalue weighted by Crippen LogP contribution is 2.21. The minimum absolute atomic E-state index is 0.116. The molecular formula is C29H45FN2O. The maximum atomic E-state index is 14.2. The monoisotopic (exact) mass is 456 g/mol. The quantitative estimate of drug-likeness (QED) is 0.210. The van der Waals surface area contributed by atoms with E-state index in [2.05, 4.69) is 30.7 Å². The van der Waals surface area contributed by atoms with Crippen molar-refractivity contribution >= 4 is 0 Å². The lowest BCUT2D eigenvalue weighted by Gasteiger charge is -2.14. The maximum Gasteiger partial charge on any atom is 0.159 e. The number of unbranched alkanes of at least 4 members (excludes halogenated alkanes) is 7. The summed E-state index contributed by atoms with van der Waals surface area (Å²) in [5.74, 6) is 2.00. The Balaban J connectivity index is 1.69. The van der Waals surface area contributed by atoms with Gasteiger partial charge in [-0.15, -0.1) is 0 Å². The van der Waals surface area contributed by atoms with Crippen molar-refractivity contribution in [3.63, 3.8) is 0 Å². The number of rotatable bonds is 18. The van der Waals surface area contributed by atoms with Gasteiger partial charge in [-0.05, 0) is 61.4 Å². The van der Waals surface area contributed by atoms with Crippen molar-refractivity contribution in [3.05, 3.63) is 42.2 Å². The van der Waals surface area contributed by atoms with Crippen molar-refractivity contribution in [1.82, 2.24) is 9.97 Å². The number of aryl methyl sites for hydroxylation is 1. The number of aromatic nitrogens is 2. The zero-order valence-corrected chi connectivity index (χ0v) is 21.2. The molecule has 0 saturated heterocycles. The fourth-order valence-electron chi connectivity index (χ4n) is 4.07. The molecule has 1 heterocycles. The first kappa shape index (κ1) is 27.3. The Morgan fingerprint density at radius 1 is 0.788 bits per heavy atom. The minimum atomic E-state index is -0.916. The SMILES string of the molecule is CCCCCCCCc1cnc(-c2ccc(OCC(F)CCC(C)CCCCC)cc2)nc1. The Morgan fingerprint density at radius 2 is 1.42 bits per heavy atom. The molecule has 0 bridgehead atoms. The largest absolute Gasteiger partial charge is 0.491 e. The average molecular weight is 457 g/mol. The van der Waals surface area contributed by atoms with E-state index in [9.17, 15) is 4.39 Å². The van der Waals surface area contributed by atoms with Gasteiger partial charge in [-0.2, -0.15) is 0 Å². The average Bonchev–Trinajstić information content (AvgIpc) is 2.84. The molecule has 2 aromatic rings. The van der Waals surface area contributed by atoms with Gasteiger partial charge in [-0.1, -0.05) is 78.6 Å². The molecule has 1 aromatic carbocycles. The predicted molar refractivity (Wildman–Crippen MR) is 137 cm³/mol. The molecule has 0 spiro atoms. The zero-order valence-electron chi connectivity index (χ0n) is 21.2. The van der Waals surface area contributed by atoms with Crippen molar-refractivity contribution in [2.75, 3.05) is 6.61 Å². The molecule has 33 heavy (non-hydrogen) atoms. The summed E-state index contributed by atoms with van der Waals surface area (Å²) in [5.41, 5.74) is 2.15. The molecule has 0 saturated carbocycles. The fraction of sp³-hybridized carbons (Fsp3) is 0.655. The van der Waals surface area contributed by atoms with Crippen molar-refractivity contribution < 1.29 is 9.13 Å². The smallest absolute Gasteiger partial charge is 0.159 e. The van der Waals surface area contributed by atoms with Crippen LogP contribution in [-0.2, 0) is 6.42 Å². The summed E-state index contributed by atoms with van der Waals surface area (Å²) in [5, 5.41) is 0. The minimum Gasteiger partial charge on any atom is -0.491 e. The van der Waals surface area contributed by atoms with E-state index in [0.29, 0.717) is 23.9 Å². The normalized spacial score (nSPS) is 13.1. The second-order valence-electron chi connectivity index (χ2n) is 9.54. The van der Waals surface area contributed by atoms with Crippen LogP contribution in [0.4, 0.5) is 4.39 Å². The summed E-state index contributed by atoms with van der Waals surface area (Å²) in [6, 6.07) is 7.65. The van der Waals surface area contributed by atoms with Gasteiger partial charge < -0.3 is 4.74 Å². The summed E-state index contributed by atoms with van der Waals surface area (Å²) in [6.07, 6.45) is 18.3. The van der Waals surface area contributed by atoms with Crippen LogP contribution in [-0.4, -0.2) is 22.7 Å². The lowest BCUT2D eigenvalue weighted by Crippen LogP contribution is -2.14. The molecule has 0 aliphatic heterocycles. The van der Waals surface area contributed by atoms with Crippen molar-refractivity contribution in [1.29, 1.82) is 0 Å². The summed E-state index contributed by atoms with van der Waals surface area (Å²) < 4.78 is 19.9. The topological polar surface area (TPSA) is 35.0 Å². The molecule has 0 aliphatic carbocycles. The third-order valence-electron chi connectivity index (χ3n) is 6.34. The molecule has 0 N–H and O–H groups in total. The van der Waals surface area contributed by atoms with Crippen LogP contribution in [0.15, 0.2) is 36.7 Å². The van der Waals surface area contributed by atoms with E-state index >= 15 is 0 Å². The van der Waals surface area contributed by atoms with Gasteiger partial charge in [0.25, 0.3) is 0 Å². The lowest BCUT2D eigenvalue weighted by atomic mass is 9.97. The Kier molecular flexibility index (Phi) is 13.7. The highest BCUT2D eigenvalue weighted by Gasteiger charge is 2.11. The van der Waals surface area contributed by atoms with Crippen LogP contribution in [0.25, 0.3) is 11.4 Å². The molecule has 0 amide bonds. The third kappa shape index (κ3) is 11.6. The number of benzene rings is 1. The van der Waals surface area contributed by atoms with Gasteiger partial charge in [0, 0.05) is 18.0 Å². The van der Waals surface area contributed by atoms with Gasteiger partial charge >= 0.3 is 0 Å². The molecule has 2 atom stereocenters. The second kappa shape index (κ2) is 16.6. The van der Waals surface area contributed by atoms with Crippen LogP contribution >= 0.6 is 0 Å². The van der Waals surface area contributed by atoms with E-state index < -0.39 is 6.17 Å². The van der Waals surface area contributed by atoms with Crippen LogP contribution in [0.3, 0.4) is 0 Å². The summed E-state index contributed by atoms with van der Waals surface area (Å²) >= 11 is 0. The Bertz CT molecular complexity index is 732. The first-order valence-corrected chi connectivity index (χ1v) is 13.3. The van der Waals surface area contributed by atoms with Crippen molar-refractivity contribution in [2.24, 2.45) is 5.92 Å².